The number of nitrogens with zero attached hydrogens (tertiary/aromatic N) is 2. The lowest BCUT2D eigenvalue weighted by atomic mass is 10.1. The quantitative estimate of drug-likeness (QED) is 0.324. The molecule has 0 saturated carbocycles. The van der Waals surface area contributed by atoms with Crippen LogP contribution >= 0.6 is 15.9 Å². The van der Waals surface area contributed by atoms with E-state index in [2.05, 4.69) is 39.8 Å². The van der Waals surface area contributed by atoms with Crippen molar-refractivity contribution in [3.63, 3.8) is 0 Å². The Labute approximate surface area is 134 Å². The van der Waals surface area contributed by atoms with E-state index >= 15 is 0 Å². The van der Waals surface area contributed by atoms with Crippen LogP contribution in [-0.2, 0) is 4.74 Å². The standard InChI is InChI=1S/C15H24BrN3O2/c1-4-11(5-2)19(9-10-21-3)13-8-6-7-12(16)14(13)15(17)18-20/h6-8,11,20H,4-5,9-10H2,1-3H3,(H2,17,18). The predicted octanol–water partition coefficient (Wildman–Crippen LogP) is 3.19. The third-order valence-corrected chi connectivity index (χ3v) is 4.25. The normalized spacial score (nSPS) is 12.0. The van der Waals surface area contributed by atoms with Gasteiger partial charge in [0, 0.05) is 29.9 Å². The van der Waals surface area contributed by atoms with Gasteiger partial charge in [-0.05, 0) is 40.9 Å². The van der Waals surface area contributed by atoms with Gasteiger partial charge < -0.3 is 20.6 Å². The first-order chi connectivity index (χ1) is 10.1. The van der Waals surface area contributed by atoms with Gasteiger partial charge in [-0.2, -0.15) is 0 Å². The molecule has 0 aliphatic rings. The third-order valence-electron chi connectivity index (χ3n) is 3.58. The highest BCUT2D eigenvalue weighted by Gasteiger charge is 2.21. The van der Waals surface area contributed by atoms with Crippen molar-refractivity contribution in [2.75, 3.05) is 25.2 Å². The summed E-state index contributed by atoms with van der Waals surface area (Å²) in [6.45, 7) is 5.70. The Hall–Kier alpha value is -1.27. The maximum atomic E-state index is 9.05. The fourth-order valence-corrected chi connectivity index (χ4v) is 3.03. The van der Waals surface area contributed by atoms with Crippen molar-refractivity contribution in [1.29, 1.82) is 0 Å². The minimum Gasteiger partial charge on any atom is -0.409 e. The highest BCUT2D eigenvalue weighted by molar-refractivity contribution is 9.10. The van der Waals surface area contributed by atoms with E-state index in [-0.39, 0.29) is 5.84 Å². The zero-order valence-corrected chi connectivity index (χ0v) is 14.4. The highest BCUT2D eigenvalue weighted by Crippen LogP contribution is 2.30. The van der Waals surface area contributed by atoms with Crippen molar-refractivity contribution in [2.24, 2.45) is 10.9 Å². The largest absolute Gasteiger partial charge is 0.409 e. The molecule has 5 nitrogen and oxygen atoms in total. The smallest absolute Gasteiger partial charge is 0.173 e. The summed E-state index contributed by atoms with van der Waals surface area (Å²) < 4.78 is 6.03. The van der Waals surface area contributed by atoms with Gasteiger partial charge in [-0.3, -0.25) is 0 Å². The molecule has 0 radical (unpaired) electrons. The molecule has 21 heavy (non-hydrogen) atoms. The summed E-state index contributed by atoms with van der Waals surface area (Å²) in [6.07, 6.45) is 2.03. The summed E-state index contributed by atoms with van der Waals surface area (Å²) in [7, 11) is 1.69. The van der Waals surface area contributed by atoms with Gasteiger partial charge in [-0.15, -0.1) is 0 Å². The molecule has 1 aromatic rings. The van der Waals surface area contributed by atoms with Crippen molar-refractivity contribution in [3.05, 3.63) is 28.2 Å². The second kappa shape index (κ2) is 8.89. The first-order valence-corrected chi connectivity index (χ1v) is 7.91. The SMILES string of the molecule is CCC(CC)N(CCOC)c1cccc(Br)c1/C(N)=N/O. The van der Waals surface area contributed by atoms with Gasteiger partial charge in [0.15, 0.2) is 5.84 Å². The Kier molecular flexibility index (Phi) is 7.53. The number of benzene rings is 1. The Morgan fingerprint density at radius 1 is 1.43 bits per heavy atom. The van der Waals surface area contributed by atoms with Gasteiger partial charge >= 0.3 is 0 Å². The van der Waals surface area contributed by atoms with E-state index in [4.69, 9.17) is 15.7 Å². The van der Waals surface area contributed by atoms with Crippen LogP contribution in [0.5, 0.6) is 0 Å². The summed E-state index contributed by atoms with van der Waals surface area (Å²) in [5.41, 5.74) is 7.52. The van der Waals surface area contributed by atoms with Gasteiger partial charge in [0.05, 0.1) is 12.2 Å². The number of ether oxygens (including phenoxy) is 1. The molecule has 0 atom stereocenters. The van der Waals surface area contributed by atoms with Crippen molar-refractivity contribution in [3.8, 4) is 0 Å². The van der Waals surface area contributed by atoms with Crippen molar-refractivity contribution < 1.29 is 9.94 Å². The van der Waals surface area contributed by atoms with Crippen molar-refractivity contribution in [2.45, 2.75) is 32.7 Å². The molecular formula is C15H24BrN3O2. The summed E-state index contributed by atoms with van der Waals surface area (Å²) in [4.78, 5) is 2.27. The third kappa shape index (κ3) is 4.35. The second-order valence-corrected chi connectivity index (χ2v) is 5.63. The topological polar surface area (TPSA) is 71.1 Å². The molecule has 6 heteroatoms. The highest BCUT2D eigenvalue weighted by atomic mass is 79.9. The summed E-state index contributed by atoms with van der Waals surface area (Å²) >= 11 is 3.49. The first kappa shape index (κ1) is 17.8. The van der Waals surface area contributed by atoms with E-state index in [1.54, 1.807) is 7.11 Å². The molecule has 1 rings (SSSR count). The van der Waals surface area contributed by atoms with E-state index in [1.165, 1.54) is 0 Å². The Bertz CT molecular complexity index is 476. The van der Waals surface area contributed by atoms with Crippen LogP contribution in [0.3, 0.4) is 0 Å². The van der Waals surface area contributed by atoms with Crippen LogP contribution in [0.25, 0.3) is 0 Å². The van der Waals surface area contributed by atoms with E-state index in [9.17, 15) is 0 Å². The number of halogens is 1. The zero-order valence-electron chi connectivity index (χ0n) is 12.8. The lowest BCUT2D eigenvalue weighted by molar-refractivity contribution is 0.202. The molecule has 0 unspecified atom stereocenters. The maximum Gasteiger partial charge on any atom is 0.173 e. The average molecular weight is 358 g/mol. The van der Waals surface area contributed by atoms with Crippen molar-refractivity contribution in [1.82, 2.24) is 0 Å². The minimum atomic E-state index is 0.103. The number of oxime groups is 1. The van der Waals surface area contributed by atoms with Crippen LogP contribution in [0.4, 0.5) is 5.69 Å². The number of anilines is 1. The van der Waals surface area contributed by atoms with Gasteiger partial charge in [-0.25, -0.2) is 0 Å². The predicted molar refractivity (Wildman–Crippen MR) is 90.2 cm³/mol. The average Bonchev–Trinajstić information content (AvgIpc) is 2.50. The molecular weight excluding hydrogens is 334 g/mol. The molecule has 1 aromatic carbocycles. The van der Waals surface area contributed by atoms with Crippen LogP contribution in [-0.4, -0.2) is 37.3 Å². The monoisotopic (exact) mass is 357 g/mol. The molecule has 0 bridgehead atoms. The minimum absolute atomic E-state index is 0.103. The summed E-state index contributed by atoms with van der Waals surface area (Å²) in [5.74, 6) is 0.103. The Balaban J connectivity index is 3.32. The lowest BCUT2D eigenvalue weighted by Gasteiger charge is -2.34. The number of hydrogen-bond donors (Lipinski definition) is 2. The molecule has 3 N–H and O–H groups in total. The van der Waals surface area contributed by atoms with Crippen LogP contribution < -0.4 is 10.6 Å². The van der Waals surface area contributed by atoms with E-state index < -0.39 is 0 Å². The van der Waals surface area contributed by atoms with E-state index in [0.717, 1.165) is 29.5 Å². The van der Waals surface area contributed by atoms with Crippen molar-refractivity contribution >= 4 is 27.5 Å². The second-order valence-electron chi connectivity index (χ2n) is 4.78. The number of amidine groups is 1. The van der Waals surface area contributed by atoms with Crippen LogP contribution in [0.15, 0.2) is 27.8 Å². The summed E-state index contributed by atoms with van der Waals surface area (Å²) in [5, 5.41) is 12.2. The van der Waals surface area contributed by atoms with Gasteiger partial charge in [0.25, 0.3) is 0 Å². The number of rotatable bonds is 8. The maximum absolute atomic E-state index is 9.05. The number of nitrogens with two attached hydrogens (primary N) is 1. The van der Waals surface area contributed by atoms with Gasteiger partial charge in [0.2, 0.25) is 0 Å². The summed E-state index contributed by atoms with van der Waals surface area (Å²) in [6, 6.07) is 6.21. The van der Waals surface area contributed by atoms with E-state index in [1.807, 2.05) is 18.2 Å². The molecule has 0 saturated heterocycles. The first-order valence-electron chi connectivity index (χ1n) is 7.12. The van der Waals surface area contributed by atoms with Crippen LogP contribution in [0, 0.1) is 0 Å². The molecule has 0 aliphatic carbocycles. The Morgan fingerprint density at radius 2 is 2.10 bits per heavy atom. The fraction of sp³-hybridized carbons (Fsp3) is 0.533. The zero-order chi connectivity index (χ0) is 15.8. The number of methoxy groups -OCH3 is 1. The number of hydrogen-bond acceptors (Lipinski definition) is 4. The fourth-order valence-electron chi connectivity index (χ4n) is 2.47. The lowest BCUT2D eigenvalue weighted by Crippen LogP contribution is -2.38. The van der Waals surface area contributed by atoms with Crippen LogP contribution in [0.2, 0.25) is 0 Å². The molecule has 0 aliphatic heterocycles. The molecule has 0 aromatic heterocycles. The molecule has 0 fully saturated rings. The molecule has 0 amide bonds. The molecule has 0 spiro atoms. The molecule has 118 valence electrons. The van der Waals surface area contributed by atoms with Crippen LogP contribution in [0.1, 0.15) is 32.3 Å². The molecule has 0 heterocycles. The van der Waals surface area contributed by atoms with Gasteiger partial charge in [0.1, 0.15) is 0 Å². The van der Waals surface area contributed by atoms with E-state index in [0.29, 0.717) is 18.2 Å². The Morgan fingerprint density at radius 3 is 2.62 bits per heavy atom. The van der Waals surface area contributed by atoms with Gasteiger partial charge in [-0.1, -0.05) is 25.1 Å².